The van der Waals surface area contributed by atoms with Gasteiger partial charge >= 0.3 is 58.2 Å². The van der Waals surface area contributed by atoms with E-state index in [1.807, 2.05) is 0 Å². The Kier molecular flexibility index (Phi) is 12.3. The molecular weight excluding hydrogens is 328 g/mol. The van der Waals surface area contributed by atoms with Crippen molar-refractivity contribution < 1.29 is 58.2 Å². The van der Waals surface area contributed by atoms with E-state index in [0.717, 1.165) is 45.1 Å². The van der Waals surface area contributed by atoms with Crippen LogP contribution < -0.4 is 79.7 Å². The Labute approximate surface area is 169 Å². The van der Waals surface area contributed by atoms with Gasteiger partial charge in [-0.15, -0.1) is 0 Å². The van der Waals surface area contributed by atoms with Gasteiger partial charge in [0.25, 0.3) is 10.9 Å². The Balaban J connectivity index is 0.00000361. The third-order valence-electron chi connectivity index (χ3n) is 3.15. The zero-order chi connectivity index (χ0) is 14.1. The summed E-state index contributed by atoms with van der Waals surface area (Å²) >= 11 is 0. The summed E-state index contributed by atoms with van der Waals surface area (Å²) < 4.78 is 0. The first kappa shape index (κ1) is 20.4. The van der Waals surface area contributed by atoms with E-state index in [-0.39, 0.29) is 58.2 Å². The number of hydrogen-bond donors (Lipinski definition) is 2. The summed E-state index contributed by atoms with van der Waals surface area (Å²) in [6, 6.07) is 0. The number of nitrogens with one attached hydrogen (secondary N) is 3. The van der Waals surface area contributed by atoms with Gasteiger partial charge in [-0.25, -0.2) is 0 Å². The van der Waals surface area contributed by atoms with Gasteiger partial charge in [-0.05, 0) is 12.8 Å². The standard InChI is InChI=1S/C14H24N3O2.Rb/c1-2-3-9-16-11-12(14(19)13(11)18)17-10-7-5-4-6-8-15;/h15-17H,2-10H2,1H3;/q-1;+1. The van der Waals surface area contributed by atoms with Crippen LogP contribution in [-0.4, -0.2) is 19.6 Å². The van der Waals surface area contributed by atoms with E-state index in [2.05, 4.69) is 17.6 Å². The summed E-state index contributed by atoms with van der Waals surface area (Å²) in [7, 11) is 0. The van der Waals surface area contributed by atoms with Crippen molar-refractivity contribution in [2.24, 2.45) is 0 Å². The van der Waals surface area contributed by atoms with E-state index in [1.54, 1.807) is 0 Å². The normalized spacial score (nSPS) is 10.3. The summed E-state index contributed by atoms with van der Waals surface area (Å²) in [6.07, 6.45) is 6.06. The van der Waals surface area contributed by atoms with E-state index in [0.29, 0.717) is 24.5 Å². The second-order valence-electron chi connectivity index (χ2n) is 4.78. The first-order chi connectivity index (χ1) is 9.22. The maximum Gasteiger partial charge on any atom is 1.00 e. The van der Waals surface area contributed by atoms with Crippen LogP contribution in [0.4, 0.5) is 11.4 Å². The average molecular weight is 352 g/mol. The number of rotatable bonds is 11. The molecule has 0 aliphatic rings. The van der Waals surface area contributed by atoms with Crippen molar-refractivity contribution in [3.05, 3.63) is 26.2 Å². The zero-order valence-corrected chi connectivity index (χ0v) is 17.6. The largest absolute Gasteiger partial charge is 1.00 e. The Morgan fingerprint density at radius 2 is 1.35 bits per heavy atom. The minimum Gasteiger partial charge on any atom is -0.677 e. The summed E-state index contributed by atoms with van der Waals surface area (Å²) in [5.41, 5.74) is 7.16. The fourth-order valence-electron chi connectivity index (χ4n) is 1.94. The van der Waals surface area contributed by atoms with Crippen LogP contribution in [0.2, 0.25) is 0 Å². The van der Waals surface area contributed by atoms with Crippen LogP contribution in [0.25, 0.3) is 5.73 Å². The van der Waals surface area contributed by atoms with Crippen LogP contribution in [0.15, 0.2) is 9.59 Å². The molecule has 0 unspecified atom stereocenters. The van der Waals surface area contributed by atoms with Crippen molar-refractivity contribution >= 4 is 11.4 Å². The first-order valence-corrected chi connectivity index (χ1v) is 7.18. The monoisotopic (exact) mass is 351 g/mol. The van der Waals surface area contributed by atoms with Gasteiger partial charge in [-0.2, -0.15) is 6.54 Å². The van der Waals surface area contributed by atoms with Gasteiger partial charge < -0.3 is 16.4 Å². The van der Waals surface area contributed by atoms with Crippen LogP contribution in [0.3, 0.4) is 0 Å². The molecule has 0 fully saturated rings. The third kappa shape index (κ3) is 6.47. The molecule has 0 aliphatic carbocycles. The fourth-order valence-corrected chi connectivity index (χ4v) is 1.94. The Morgan fingerprint density at radius 3 is 1.85 bits per heavy atom. The molecule has 108 valence electrons. The molecule has 0 radical (unpaired) electrons. The van der Waals surface area contributed by atoms with Gasteiger partial charge in [0.05, 0.1) is 0 Å². The number of anilines is 2. The van der Waals surface area contributed by atoms with Gasteiger partial charge in [-0.1, -0.05) is 32.6 Å². The molecule has 20 heavy (non-hydrogen) atoms. The smallest absolute Gasteiger partial charge is 0.677 e. The van der Waals surface area contributed by atoms with Gasteiger partial charge in [0.1, 0.15) is 11.4 Å². The SMILES string of the molecule is CCCCNc1c(NCCCCCC[NH-])c(=O)c1=O.[Rb+]. The molecule has 0 aromatic heterocycles. The second kappa shape index (κ2) is 12.0. The van der Waals surface area contributed by atoms with Gasteiger partial charge in [0.15, 0.2) is 0 Å². The molecule has 0 spiro atoms. The van der Waals surface area contributed by atoms with Gasteiger partial charge in [0, 0.05) is 13.1 Å². The molecule has 0 amide bonds. The maximum absolute atomic E-state index is 11.4. The Morgan fingerprint density at radius 1 is 0.850 bits per heavy atom. The zero-order valence-electron chi connectivity index (χ0n) is 12.7. The summed E-state index contributed by atoms with van der Waals surface area (Å²) in [5, 5.41) is 6.09. The topological polar surface area (TPSA) is 82.0 Å². The van der Waals surface area contributed by atoms with Crippen molar-refractivity contribution in [3.63, 3.8) is 0 Å². The predicted molar refractivity (Wildman–Crippen MR) is 80.9 cm³/mol. The van der Waals surface area contributed by atoms with Crippen LogP contribution in [0.1, 0.15) is 45.4 Å². The minimum absolute atomic E-state index is 0. The molecule has 0 aliphatic heterocycles. The predicted octanol–water partition coefficient (Wildman–Crippen LogP) is -0.477. The summed E-state index contributed by atoms with van der Waals surface area (Å²) in [6.45, 7) is 4.02. The van der Waals surface area contributed by atoms with E-state index < -0.39 is 10.9 Å². The average Bonchev–Trinajstić information content (AvgIpc) is 2.43. The van der Waals surface area contributed by atoms with Crippen LogP contribution in [0.5, 0.6) is 0 Å². The molecule has 1 aromatic rings. The molecule has 5 nitrogen and oxygen atoms in total. The molecule has 1 aromatic carbocycles. The van der Waals surface area contributed by atoms with Crippen molar-refractivity contribution in [1.29, 1.82) is 0 Å². The van der Waals surface area contributed by atoms with E-state index in [9.17, 15) is 9.59 Å². The maximum atomic E-state index is 11.4. The number of hydrogen-bond acceptors (Lipinski definition) is 4. The molecule has 0 atom stereocenters. The van der Waals surface area contributed by atoms with Crippen molar-refractivity contribution in [2.45, 2.75) is 45.4 Å². The molecule has 0 saturated heterocycles. The molecule has 6 heteroatoms. The quantitative estimate of drug-likeness (QED) is 0.417. The molecule has 0 saturated carbocycles. The third-order valence-corrected chi connectivity index (χ3v) is 3.15. The Bertz CT molecular complexity index is 442. The molecule has 3 N–H and O–H groups in total. The molecule has 0 bridgehead atoms. The van der Waals surface area contributed by atoms with Crippen molar-refractivity contribution in [2.75, 3.05) is 30.3 Å². The summed E-state index contributed by atoms with van der Waals surface area (Å²) in [5.74, 6) is 0. The van der Waals surface area contributed by atoms with Gasteiger partial charge in [0.2, 0.25) is 0 Å². The van der Waals surface area contributed by atoms with E-state index >= 15 is 0 Å². The van der Waals surface area contributed by atoms with Crippen LogP contribution in [-0.2, 0) is 0 Å². The fraction of sp³-hybridized carbons (Fsp3) is 0.714. The first-order valence-electron chi connectivity index (χ1n) is 7.18. The van der Waals surface area contributed by atoms with E-state index in [4.69, 9.17) is 5.73 Å². The minimum atomic E-state index is -0.398. The molecular formula is C14H24N3O2Rb. The Hall–Kier alpha value is 0.445. The van der Waals surface area contributed by atoms with Crippen molar-refractivity contribution in [1.82, 2.24) is 0 Å². The number of unbranched alkanes of at least 4 members (excludes halogenated alkanes) is 4. The van der Waals surface area contributed by atoms with Gasteiger partial charge in [-0.3, -0.25) is 9.59 Å². The molecule has 1 rings (SSSR count). The van der Waals surface area contributed by atoms with Crippen LogP contribution in [0, 0.1) is 0 Å². The van der Waals surface area contributed by atoms with Crippen LogP contribution >= 0.6 is 0 Å². The summed E-state index contributed by atoms with van der Waals surface area (Å²) in [4.78, 5) is 22.8. The second-order valence-corrected chi connectivity index (χ2v) is 4.78. The molecule has 0 heterocycles. The van der Waals surface area contributed by atoms with E-state index in [1.165, 1.54) is 0 Å². The van der Waals surface area contributed by atoms with Crippen molar-refractivity contribution in [3.8, 4) is 0 Å².